The molecule has 0 aliphatic carbocycles. The summed E-state index contributed by atoms with van der Waals surface area (Å²) >= 11 is 0. The summed E-state index contributed by atoms with van der Waals surface area (Å²) in [7, 11) is 0. The van der Waals surface area contributed by atoms with Crippen LogP contribution in [-0.4, -0.2) is 6.41 Å². The maximum atomic E-state index is 10.4. The van der Waals surface area contributed by atoms with Gasteiger partial charge in [-0.2, -0.15) is 0 Å². The predicted molar refractivity (Wildman–Crippen MR) is 60.4 cm³/mol. The van der Waals surface area contributed by atoms with E-state index >= 15 is 0 Å². The molecule has 0 saturated carbocycles. The first-order valence-corrected chi connectivity index (χ1v) is 4.68. The maximum Gasteiger partial charge on any atom is 0.211 e. The minimum Gasteiger partial charge on any atom is -0.328 e. The molecule has 1 amide bonds. The van der Waals surface area contributed by atoms with Crippen molar-refractivity contribution in [1.29, 1.82) is 0 Å². The molecule has 0 fully saturated rings. The molecule has 15 heavy (non-hydrogen) atoms. The number of carbonyl (C=O) groups excluding carboxylic acids is 1. The molecule has 2 nitrogen and oxygen atoms in total. The molecule has 2 aromatic rings. The largest absolute Gasteiger partial charge is 0.328 e. The lowest BCUT2D eigenvalue weighted by molar-refractivity contribution is -0.105. The van der Waals surface area contributed by atoms with E-state index in [2.05, 4.69) is 11.4 Å². The molecule has 1 radical (unpaired) electrons. The zero-order chi connectivity index (χ0) is 10.5. The van der Waals surface area contributed by atoms with Crippen molar-refractivity contribution in [3.05, 3.63) is 54.6 Å². The quantitative estimate of drug-likeness (QED) is 0.751. The highest BCUT2D eigenvalue weighted by Gasteiger charge is 2.02. The van der Waals surface area contributed by atoms with E-state index in [9.17, 15) is 4.79 Å². The Balaban J connectivity index is 2.48. The smallest absolute Gasteiger partial charge is 0.211 e. The zero-order valence-electron chi connectivity index (χ0n) is 8.10. The van der Waals surface area contributed by atoms with Crippen molar-refractivity contribution >= 4 is 12.1 Å². The lowest BCUT2D eigenvalue weighted by Gasteiger charge is -2.07. The van der Waals surface area contributed by atoms with E-state index < -0.39 is 0 Å². The van der Waals surface area contributed by atoms with Crippen LogP contribution in [0.2, 0.25) is 0 Å². The van der Waals surface area contributed by atoms with Gasteiger partial charge in [0, 0.05) is 11.6 Å². The molecule has 2 aromatic carbocycles. The minimum atomic E-state index is 0.665. The first-order chi connectivity index (χ1) is 7.42. The standard InChI is InChI=1S/C13H10NO/c15-10-14-13-9-5-4-8-12(13)11-6-2-1-3-7-11/h1-8,10H,(H,14,15). The van der Waals surface area contributed by atoms with E-state index in [4.69, 9.17) is 0 Å². The highest BCUT2D eigenvalue weighted by Crippen LogP contribution is 2.26. The van der Waals surface area contributed by atoms with Crippen molar-refractivity contribution in [3.8, 4) is 11.1 Å². The molecule has 0 atom stereocenters. The van der Waals surface area contributed by atoms with Gasteiger partial charge < -0.3 is 5.32 Å². The minimum absolute atomic E-state index is 0.665. The van der Waals surface area contributed by atoms with E-state index in [1.165, 1.54) is 0 Å². The molecule has 0 aromatic heterocycles. The highest BCUT2D eigenvalue weighted by molar-refractivity contribution is 5.84. The van der Waals surface area contributed by atoms with Gasteiger partial charge in [0.1, 0.15) is 0 Å². The second-order valence-corrected chi connectivity index (χ2v) is 3.09. The van der Waals surface area contributed by atoms with Crippen molar-refractivity contribution < 1.29 is 4.79 Å². The molecule has 0 spiro atoms. The second-order valence-electron chi connectivity index (χ2n) is 3.09. The average Bonchev–Trinajstić information content (AvgIpc) is 2.31. The Morgan fingerprint density at radius 2 is 1.87 bits per heavy atom. The van der Waals surface area contributed by atoms with E-state index in [0.29, 0.717) is 12.1 Å². The summed E-state index contributed by atoms with van der Waals surface area (Å²) in [6, 6.07) is 18.5. The Labute approximate surface area is 88.6 Å². The van der Waals surface area contributed by atoms with Crippen LogP contribution in [0.4, 0.5) is 5.69 Å². The van der Waals surface area contributed by atoms with Crippen LogP contribution in [0.5, 0.6) is 0 Å². The van der Waals surface area contributed by atoms with Gasteiger partial charge in [-0.3, -0.25) is 4.79 Å². The van der Waals surface area contributed by atoms with Crippen LogP contribution >= 0.6 is 0 Å². The summed E-state index contributed by atoms with van der Waals surface area (Å²) in [6.45, 7) is 0. The van der Waals surface area contributed by atoms with Gasteiger partial charge in [-0.1, -0.05) is 48.5 Å². The van der Waals surface area contributed by atoms with Crippen molar-refractivity contribution in [3.63, 3.8) is 0 Å². The number of anilines is 1. The Morgan fingerprint density at radius 1 is 1.07 bits per heavy atom. The van der Waals surface area contributed by atoms with Crippen molar-refractivity contribution in [2.45, 2.75) is 0 Å². The lowest BCUT2D eigenvalue weighted by Crippen LogP contribution is -1.95. The molecule has 0 aliphatic rings. The zero-order valence-corrected chi connectivity index (χ0v) is 8.10. The number of rotatable bonds is 3. The van der Waals surface area contributed by atoms with Crippen LogP contribution in [0.25, 0.3) is 11.1 Å². The molecule has 2 heteroatoms. The Bertz CT molecular complexity index is 451. The molecule has 0 saturated heterocycles. The summed E-state index contributed by atoms with van der Waals surface area (Å²) in [5.41, 5.74) is 2.75. The molecule has 1 N–H and O–H groups in total. The number of para-hydroxylation sites is 1. The van der Waals surface area contributed by atoms with Gasteiger partial charge in [0.2, 0.25) is 6.41 Å². The van der Waals surface area contributed by atoms with Crippen LogP contribution in [0.1, 0.15) is 0 Å². The van der Waals surface area contributed by atoms with Crippen molar-refractivity contribution in [1.82, 2.24) is 0 Å². The monoisotopic (exact) mass is 196 g/mol. The fourth-order valence-corrected chi connectivity index (χ4v) is 1.47. The summed E-state index contributed by atoms with van der Waals surface area (Å²) in [5, 5.41) is 2.64. The highest BCUT2D eigenvalue weighted by atomic mass is 16.1. The fraction of sp³-hybridized carbons (Fsp3) is 0. The first kappa shape index (κ1) is 9.46. The van der Waals surface area contributed by atoms with Gasteiger partial charge in [-0.15, -0.1) is 0 Å². The van der Waals surface area contributed by atoms with Gasteiger partial charge in [0.25, 0.3) is 0 Å². The van der Waals surface area contributed by atoms with Crippen LogP contribution in [0.3, 0.4) is 0 Å². The van der Waals surface area contributed by atoms with Gasteiger partial charge in [0.05, 0.1) is 5.69 Å². The number of nitrogens with one attached hydrogen (secondary N) is 1. The van der Waals surface area contributed by atoms with Crippen molar-refractivity contribution in [2.75, 3.05) is 5.32 Å². The molecule has 0 aliphatic heterocycles. The third-order valence-corrected chi connectivity index (χ3v) is 2.14. The Hall–Kier alpha value is -2.09. The van der Waals surface area contributed by atoms with Crippen molar-refractivity contribution in [2.24, 2.45) is 0 Å². The molecule has 73 valence electrons. The first-order valence-electron chi connectivity index (χ1n) is 4.68. The number of hydrogen-bond acceptors (Lipinski definition) is 1. The van der Waals surface area contributed by atoms with Crippen LogP contribution in [0, 0.1) is 6.07 Å². The molecular formula is C13H10NO. The average molecular weight is 196 g/mol. The fourth-order valence-electron chi connectivity index (χ4n) is 1.47. The number of hydrogen-bond donors (Lipinski definition) is 1. The summed E-state index contributed by atoms with van der Waals surface area (Å²) in [4.78, 5) is 10.4. The molecular weight excluding hydrogens is 186 g/mol. The Morgan fingerprint density at radius 3 is 2.60 bits per heavy atom. The van der Waals surface area contributed by atoms with Gasteiger partial charge in [-0.05, 0) is 5.56 Å². The topological polar surface area (TPSA) is 29.1 Å². The van der Waals surface area contributed by atoms with E-state index in [1.54, 1.807) is 6.07 Å². The predicted octanol–water partition coefficient (Wildman–Crippen LogP) is 2.72. The second kappa shape index (κ2) is 4.42. The molecule has 0 unspecified atom stereocenters. The number of amides is 1. The van der Waals surface area contributed by atoms with E-state index in [0.717, 1.165) is 11.1 Å². The molecule has 2 rings (SSSR count). The Kier molecular flexibility index (Phi) is 2.79. The summed E-state index contributed by atoms with van der Waals surface area (Å²) < 4.78 is 0. The number of carbonyl (C=O) groups is 1. The van der Waals surface area contributed by atoms with E-state index in [1.807, 2.05) is 42.5 Å². The van der Waals surface area contributed by atoms with E-state index in [-0.39, 0.29) is 0 Å². The van der Waals surface area contributed by atoms with Gasteiger partial charge >= 0.3 is 0 Å². The normalized spacial score (nSPS) is 9.60. The van der Waals surface area contributed by atoms with Gasteiger partial charge in [-0.25, -0.2) is 0 Å². The summed E-state index contributed by atoms with van der Waals surface area (Å²) in [6.07, 6.45) is 0.665. The summed E-state index contributed by atoms with van der Waals surface area (Å²) in [5.74, 6) is 0. The SMILES string of the molecule is O=CNc1[c]cccc1-c1ccccc1. The molecule has 0 heterocycles. The third kappa shape index (κ3) is 2.05. The maximum absolute atomic E-state index is 10.4. The van der Waals surface area contributed by atoms with Crippen LogP contribution < -0.4 is 5.32 Å². The van der Waals surface area contributed by atoms with Gasteiger partial charge in [0.15, 0.2) is 0 Å². The lowest BCUT2D eigenvalue weighted by atomic mass is 10.0. The third-order valence-electron chi connectivity index (χ3n) is 2.14. The number of benzene rings is 2. The molecule has 0 bridgehead atoms. The van der Waals surface area contributed by atoms with Crippen LogP contribution in [0.15, 0.2) is 48.5 Å². The van der Waals surface area contributed by atoms with Crippen LogP contribution in [-0.2, 0) is 4.79 Å².